The monoisotopic (exact) mass is 443 g/mol. The summed E-state index contributed by atoms with van der Waals surface area (Å²) in [6, 6.07) is 8.65. The number of ether oxygens (including phenoxy) is 2. The van der Waals surface area contributed by atoms with Gasteiger partial charge >= 0.3 is 12.2 Å². The molecular weight excluding hydrogens is 410 g/mol. The fourth-order valence-electron chi connectivity index (χ4n) is 3.97. The lowest BCUT2D eigenvalue weighted by atomic mass is 10.1. The third-order valence-corrected chi connectivity index (χ3v) is 5.55. The predicted molar refractivity (Wildman–Crippen MR) is 120 cm³/mol. The van der Waals surface area contributed by atoms with Crippen molar-refractivity contribution in [1.29, 1.82) is 0 Å². The Labute approximate surface area is 189 Å². The maximum atomic E-state index is 12.9. The molecule has 1 N–H and O–H groups in total. The molecule has 0 saturated carbocycles. The predicted octanol–water partition coefficient (Wildman–Crippen LogP) is 3.47. The maximum absolute atomic E-state index is 12.9. The molecule has 3 amide bonds. The van der Waals surface area contributed by atoms with Crippen molar-refractivity contribution >= 4 is 18.1 Å². The Morgan fingerprint density at radius 1 is 1.19 bits per heavy atom. The summed E-state index contributed by atoms with van der Waals surface area (Å²) in [5.74, 6) is -0.125. The van der Waals surface area contributed by atoms with Crippen molar-refractivity contribution in [1.82, 2.24) is 15.1 Å². The minimum Gasteiger partial charge on any atom is -0.445 e. The van der Waals surface area contributed by atoms with E-state index in [0.717, 1.165) is 5.56 Å². The van der Waals surface area contributed by atoms with Crippen molar-refractivity contribution in [2.24, 2.45) is 0 Å². The van der Waals surface area contributed by atoms with Gasteiger partial charge < -0.3 is 19.7 Å². The first-order chi connectivity index (χ1) is 15.1. The van der Waals surface area contributed by atoms with Crippen LogP contribution in [0, 0.1) is 0 Å². The van der Waals surface area contributed by atoms with Crippen molar-refractivity contribution in [3.63, 3.8) is 0 Å². The van der Waals surface area contributed by atoms with Crippen LogP contribution in [0.15, 0.2) is 42.5 Å². The highest BCUT2D eigenvalue weighted by Gasteiger charge is 2.39. The normalized spacial score (nSPS) is 22.9. The van der Waals surface area contributed by atoms with Gasteiger partial charge in [0.15, 0.2) is 0 Å². The molecule has 1 saturated heterocycles. The van der Waals surface area contributed by atoms with E-state index in [4.69, 9.17) is 9.47 Å². The Morgan fingerprint density at radius 3 is 2.59 bits per heavy atom. The van der Waals surface area contributed by atoms with Gasteiger partial charge in [0.25, 0.3) is 0 Å². The zero-order valence-electron chi connectivity index (χ0n) is 19.2. The van der Waals surface area contributed by atoms with Crippen LogP contribution in [0.2, 0.25) is 0 Å². The summed E-state index contributed by atoms with van der Waals surface area (Å²) in [6.07, 6.45) is 4.10. The van der Waals surface area contributed by atoms with Gasteiger partial charge in [-0.05, 0) is 46.1 Å². The molecule has 2 heterocycles. The fourth-order valence-corrected chi connectivity index (χ4v) is 3.97. The van der Waals surface area contributed by atoms with Crippen LogP contribution in [0.4, 0.5) is 9.59 Å². The summed E-state index contributed by atoms with van der Waals surface area (Å²) < 4.78 is 10.7. The molecule has 0 aromatic heterocycles. The van der Waals surface area contributed by atoms with E-state index in [1.807, 2.05) is 70.2 Å². The van der Waals surface area contributed by atoms with Gasteiger partial charge in [-0.15, -0.1) is 0 Å². The number of amides is 3. The lowest BCUT2D eigenvalue weighted by Gasteiger charge is -2.30. The van der Waals surface area contributed by atoms with Crippen molar-refractivity contribution in [3.05, 3.63) is 48.0 Å². The molecular formula is C24H33N3O5. The molecule has 0 spiro atoms. The lowest BCUT2D eigenvalue weighted by Crippen LogP contribution is -2.44. The number of hydrogen-bond donors (Lipinski definition) is 1. The van der Waals surface area contributed by atoms with E-state index in [0.29, 0.717) is 25.9 Å². The van der Waals surface area contributed by atoms with E-state index in [1.165, 1.54) is 0 Å². The number of benzene rings is 1. The minimum absolute atomic E-state index is 0.0118. The van der Waals surface area contributed by atoms with E-state index in [9.17, 15) is 14.4 Å². The number of carbonyl (C=O) groups excluding carboxylic acids is 3. The average molecular weight is 444 g/mol. The lowest BCUT2D eigenvalue weighted by molar-refractivity contribution is -0.130. The summed E-state index contributed by atoms with van der Waals surface area (Å²) in [4.78, 5) is 40.9. The summed E-state index contributed by atoms with van der Waals surface area (Å²) in [7, 11) is 0. The van der Waals surface area contributed by atoms with Crippen LogP contribution in [0.5, 0.6) is 0 Å². The molecule has 0 radical (unpaired) electrons. The SMILES string of the molecule is CC1C[C@H](NC(=O)OCc2ccccc2)C(=O)N1CC[C@@H]1C=CCN1C(=O)OC(C)(C)C. The summed E-state index contributed by atoms with van der Waals surface area (Å²) >= 11 is 0. The Balaban J connectivity index is 1.48. The Kier molecular flexibility index (Phi) is 7.43. The first-order valence-corrected chi connectivity index (χ1v) is 11.1. The van der Waals surface area contributed by atoms with Gasteiger partial charge in [-0.25, -0.2) is 9.59 Å². The Bertz CT molecular complexity index is 849. The van der Waals surface area contributed by atoms with E-state index >= 15 is 0 Å². The van der Waals surface area contributed by atoms with Gasteiger partial charge in [-0.2, -0.15) is 0 Å². The second-order valence-electron chi connectivity index (χ2n) is 9.29. The average Bonchev–Trinajstić information content (AvgIpc) is 3.29. The van der Waals surface area contributed by atoms with Crippen LogP contribution < -0.4 is 5.32 Å². The largest absolute Gasteiger partial charge is 0.445 e. The molecule has 2 aliphatic rings. The number of hydrogen-bond acceptors (Lipinski definition) is 5. The molecule has 1 aromatic carbocycles. The molecule has 174 valence electrons. The number of alkyl carbamates (subject to hydrolysis) is 1. The maximum Gasteiger partial charge on any atom is 0.411 e. The van der Waals surface area contributed by atoms with Crippen LogP contribution >= 0.6 is 0 Å². The molecule has 2 aliphatic heterocycles. The number of nitrogens with one attached hydrogen (secondary N) is 1. The highest BCUT2D eigenvalue weighted by molar-refractivity contribution is 5.88. The first-order valence-electron chi connectivity index (χ1n) is 11.1. The van der Waals surface area contributed by atoms with Gasteiger partial charge in [0.05, 0.1) is 6.04 Å². The minimum atomic E-state index is -0.602. The van der Waals surface area contributed by atoms with Crippen LogP contribution in [0.25, 0.3) is 0 Å². The van der Waals surface area contributed by atoms with Gasteiger partial charge in [-0.3, -0.25) is 9.69 Å². The van der Waals surface area contributed by atoms with Gasteiger partial charge in [0, 0.05) is 19.1 Å². The van der Waals surface area contributed by atoms with Gasteiger partial charge in [-0.1, -0.05) is 42.5 Å². The van der Waals surface area contributed by atoms with Gasteiger partial charge in [0.2, 0.25) is 5.91 Å². The van der Waals surface area contributed by atoms with Crippen LogP contribution in [-0.2, 0) is 20.9 Å². The summed E-state index contributed by atoms with van der Waals surface area (Å²) in [5, 5.41) is 2.69. The zero-order chi connectivity index (χ0) is 23.3. The van der Waals surface area contributed by atoms with Crippen molar-refractivity contribution in [2.45, 2.75) is 70.9 Å². The smallest absolute Gasteiger partial charge is 0.411 e. The molecule has 8 heteroatoms. The van der Waals surface area contributed by atoms with Crippen molar-refractivity contribution < 1.29 is 23.9 Å². The molecule has 1 fully saturated rings. The van der Waals surface area contributed by atoms with Crippen LogP contribution in [0.3, 0.4) is 0 Å². The molecule has 0 aliphatic carbocycles. The molecule has 0 bridgehead atoms. The highest BCUT2D eigenvalue weighted by Crippen LogP contribution is 2.23. The third-order valence-electron chi connectivity index (χ3n) is 5.55. The number of likely N-dealkylation sites (tertiary alicyclic amines) is 1. The molecule has 32 heavy (non-hydrogen) atoms. The van der Waals surface area contributed by atoms with Crippen molar-refractivity contribution in [3.8, 4) is 0 Å². The first kappa shape index (κ1) is 23.6. The number of nitrogens with zero attached hydrogens (tertiary/aromatic N) is 2. The summed E-state index contributed by atoms with van der Waals surface area (Å²) in [5.41, 5.74) is 0.326. The Hall–Kier alpha value is -3.03. The molecule has 3 rings (SSSR count). The van der Waals surface area contributed by atoms with Crippen LogP contribution in [-0.4, -0.2) is 64.7 Å². The molecule has 3 atom stereocenters. The molecule has 1 aromatic rings. The third kappa shape index (κ3) is 6.24. The highest BCUT2D eigenvalue weighted by atomic mass is 16.6. The van der Waals surface area contributed by atoms with E-state index in [-0.39, 0.29) is 30.7 Å². The molecule has 1 unspecified atom stereocenters. The second-order valence-corrected chi connectivity index (χ2v) is 9.29. The van der Waals surface area contributed by atoms with E-state index < -0.39 is 17.7 Å². The van der Waals surface area contributed by atoms with Gasteiger partial charge in [0.1, 0.15) is 18.2 Å². The quantitative estimate of drug-likeness (QED) is 0.680. The number of carbonyl (C=O) groups is 3. The van der Waals surface area contributed by atoms with E-state index in [1.54, 1.807) is 9.80 Å². The second kappa shape index (κ2) is 10.1. The summed E-state index contributed by atoms with van der Waals surface area (Å²) in [6.45, 7) is 8.63. The standard InChI is InChI=1S/C24H33N3O5/c1-17-15-20(25-22(29)31-16-18-9-6-5-7-10-18)21(28)26(17)14-12-19-11-8-13-27(19)23(30)32-24(2,3)4/h5-11,17,19-20H,12-16H2,1-4H3,(H,25,29)/t17?,19-,20-/m0/s1. The Morgan fingerprint density at radius 2 is 1.91 bits per heavy atom. The topological polar surface area (TPSA) is 88.2 Å². The van der Waals surface area contributed by atoms with E-state index in [2.05, 4.69) is 5.32 Å². The molecule has 8 nitrogen and oxygen atoms in total. The fraction of sp³-hybridized carbons (Fsp3) is 0.542. The number of rotatable bonds is 6. The van der Waals surface area contributed by atoms with Crippen molar-refractivity contribution in [2.75, 3.05) is 13.1 Å². The zero-order valence-corrected chi connectivity index (χ0v) is 19.2. The van der Waals surface area contributed by atoms with Crippen LogP contribution in [0.1, 0.15) is 46.1 Å².